The van der Waals surface area contributed by atoms with Gasteiger partial charge in [-0.2, -0.15) is 0 Å². The predicted molar refractivity (Wildman–Crippen MR) is 80.5 cm³/mol. The van der Waals surface area contributed by atoms with Crippen molar-refractivity contribution >= 4 is 34.7 Å². The maximum atomic E-state index is 13.1. The highest BCUT2D eigenvalue weighted by atomic mass is 35.5. The Bertz CT molecular complexity index is 785. The highest BCUT2D eigenvalue weighted by molar-refractivity contribution is 6.33. The van der Waals surface area contributed by atoms with E-state index in [1.807, 2.05) is 0 Å². The van der Waals surface area contributed by atoms with E-state index in [-0.39, 0.29) is 5.82 Å². The Kier molecular flexibility index (Phi) is 2.77. The van der Waals surface area contributed by atoms with E-state index in [0.29, 0.717) is 27.8 Å². The minimum absolute atomic E-state index is 0.381. The van der Waals surface area contributed by atoms with Crippen LogP contribution in [0.25, 0.3) is 0 Å². The summed E-state index contributed by atoms with van der Waals surface area (Å²) in [4.78, 5) is 12.3. The van der Waals surface area contributed by atoms with E-state index in [4.69, 9.17) is 16.3 Å². The van der Waals surface area contributed by atoms with Gasteiger partial charge in [-0.15, -0.1) is 0 Å². The number of benzene rings is 2. The van der Waals surface area contributed by atoms with Crippen molar-refractivity contribution < 1.29 is 13.9 Å². The Labute approximate surface area is 129 Å². The highest BCUT2D eigenvalue weighted by Gasteiger charge is 2.29. The molecule has 0 saturated carbocycles. The van der Waals surface area contributed by atoms with Crippen LogP contribution >= 0.6 is 11.6 Å². The van der Waals surface area contributed by atoms with Gasteiger partial charge in [0.25, 0.3) is 6.35 Å². The number of nitrogens with zero attached hydrogens (tertiary/aromatic N) is 1. The molecule has 0 aromatic heterocycles. The molecule has 2 aromatic rings. The molecule has 0 saturated heterocycles. The molecule has 1 atom stereocenters. The van der Waals surface area contributed by atoms with Gasteiger partial charge in [0.05, 0.1) is 22.1 Å². The first kappa shape index (κ1) is 13.0. The molecule has 2 amide bonds. The number of ether oxygens (including phenoxy) is 1. The number of rotatable bonds is 1. The van der Waals surface area contributed by atoms with Crippen LogP contribution in [0.5, 0.6) is 5.75 Å². The summed E-state index contributed by atoms with van der Waals surface area (Å²) < 4.78 is 18.6. The Hall–Kier alpha value is -2.67. The maximum absolute atomic E-state index is 13.1. The smallest absolute Gasteiger partial charge is 0.345 e. The first-order valence-electron chi connectivity index (χ1n) is 6.50. The van der Waals surface area contributed by atoms with E-state index in [0.717, 1.165) is 0 Å². The van der Waals surface area contributed by atoms with Crippen molar-refractivity contribution in [2.75, 3.05) is 15.8 Å². The van der Waals surface area contributed by atoms with Crippen LogP contribution in [0.3, 0.4) is 0 Å². The molecule has 2 bridgehead atoms. The van der Waals surface area contributed by atoms with Gasteiger partial charge >= 0.3 is 6.03 Å². The van der Waals surface area contributed by atoms with Gasteiger partial charge in [0.2, 0.25) is 0 Å². The SMILES string of the molecule is O=C(NC1Nc2cc(F)ccc2O1)N1Nc2cc1ccc2Cl. The Morgan fingerprint density at radius 3 is 2.95 bits per heavy atom. The molecule has 6 nitrogen and oxygen atoms in total. The number of halogens is 2. The second kappa shape index (κ2) is 4.67. The monoisotopic (exact) mass is 320 g/mol. The van der Waals surface area contributed by atoms with Gasteiger partial charge in [-0.25, -0.2) is 14.2 Å². The zero-order valence-corrected chi connectivity index (χ0v) is 11.8. The lowest BCUT2D eigenvalue weighted by Gasteiger charge is -2.21. The standard InChI is InChI=1S/C14H10ClFN4O2/c15-9-3-2-8-6-10(9)19-20(8)14(21)18-13-17-11-5-7(16)1-4-12(11)22-13/h1-6,13,17,19H,(H,18,21). The van der Waals surface area contributed by atoms with Crippen molar-refractivity contribution in [2.24, 2.45) is 0 Å². The van der Waals surface area contributed by atoms with Crippen LogP contribution < -0.4 is 25.8 Å². The largest absolute Gasteiger partial charge is 0.450 e. The Balaban J connectivity index is 1.45. The number of carbonyl (C=O) groups excluding carboxylic acids is 1. The van der Waals surface area contributed by atoms with Crippen LogP contribution in [0.1, 0.15) is 0 Å². The van der Waals surface area contributed by atoms with Crippen molar-refractivity contribution in [3.63, 3.8) is 0 Å². The van der Waals surface area contributed by atoms with Crippen LogP contribution in [0.15, 0.2) is 36.4 Å². The zero-order valence-electron chi connectivity index (χ0n) is 11.1. The Morgan fingerprint density at radius 1 is 1.27 bits per heavy atom. The summed E-state index contributed by atoms with van der Waals surface area (Å²) in [6.45, 7) is 0. The van der Waals surface area contributed by atoms with E-state index in [1.165, 1.54) is 23.2 Å². The van der Waals surface area contributed by atoms with Crippen molar-refractivity contribution in [1.82, 2.24) is 5.32 Å². The predicted octanol–water partition coefficient (Wildman–Crippen LogP) is 3.12. The lowest BCUT2D eigenvalue weighted by molar-refractivity contribution is 0.200. The lowest BCUT2D eigenvalue weighted by atomic mass is 10.3. The summed E-state index contributed by atoms with van der Waals surface area (Å²) in [6, 6.07) is 8.85. The van der Waals surface area contributed by atoms with Gasteiger partial charge in [-0.3, -0.25) is 10.7 Å². The molecule has 2 aromatic carbocycles. The molecule has 0 fully saturated rings. The molecular weight excluding hydrogens is 311 g/mol. The summed E-state index contributed by atoms with van der Waals surface area (Å²) in [5.74, 6) is 0.0957. The van der Waals surface area contributed by atoms with Gasteiger partial charge < -0.3 is 10.1 Å². The van der Waals surface area contributed by atoms with E-state index in [2.05, 4.69) is 16.1 Å². The second-order valence-corrected chi connectivity index (χ2v) is 5.25. The molecule has 8 heteroatoms. The number of amides is 2. The highest BCUT2D eigenvalue weighted by Crippen LogP contribution is 2.34. The third-order valence-electron chi connectivity index (χ3n) is 3.37. The average Bonchev–Trinajstić information content (AvgIpc) is 3.04. The van der Waals surface area contributed by atoms with Crippen LogP contribution in [-0.4, -0.2) is 12.4 Å². The summed E-state index contributed by atoms with van der Waals surface area (Å²) in [5.41, 5.74) is 4.68. The molecule has 4 rings (SSSR count). The lowest BCUT2D eigenvalue weighted by Crippen LogP contribution is -2.49. The molecule has 0 radical (unpaired) electrons. The zero-order chi connectivity index (χ0) is 15.3. The topological polar surface area (TPSA) is 65.6 Å². The van der Waals surface area contributed by atoms with E-state index in [9.17, 15) is 9.18 Å². The maximum Gasteiger partial charge on any atom is 0.345 e. The molecule has 2 heterocycles. The molecule has 1 unspecified atom stereocenters. The fourth-order valence-electron chi connectivity index (χ4n) is 2.35. The normalized spacial score (nSPS) is 17.4. The summed E-state index contributed by atoms with van der Waals surface area (Å²) in [5, 5.41) is 7.36. The first-order chi connectivity index (χ1) is 10.6. The molecule has 3 N–H and O–H groups in total. The fourth-order valence-corrected chi connectivity index (χ4v) is 2.51. The fraction of sp³-hybridized carbons (Fsp3) is 0.0714. The number of nitrogens with one attached hydrogen (secondary N) is 3. The van der Waals surface area contributed by atoms with Crippen molar-refractivity contribution in [1.29, 1.82) is 0 Å². The minimum atomic E-state index is -0.777. The molecule has 112 valence electrons. The van der Waals surface area contributed by atoms with Crippen molar-refractivity contribution in [2.45, 2.75) is 6.35 Å². The van der Waals surface area contributed by atoms with Gasteiger partial charge in [0.1, 0.15) is 11.6 Å². The van der Waals surface area contributed by atoms with Gasteiger partial charge in [0.15, 0.2) is 0 Å². The van der Waals surface area contributed by atoms with Crippen LogP contribution in [-0.2, 0) is 0 Å². The molecule has 0 spiro atoms. The number of hydrogen-bond donors (Lipinski definition) is 3. The van der Waals surface area contributed by atoms with E-state index in [1.54, 1.807) is 18.2 Å². The molecule has 2 aliphatic heterocycles. The van der Waals surface area contributed by atoms with Gasteiger partial charge in [-0.05, 0) is 30.3 Å². The Morgan fingerprint density at radius 2 is 2.14 bits per heavy atom. The summed E-state index contributed by atoms with van der Waals surface area (Å²) in [6.07, 6.45) is -0.777. The first-order valence-corrected chi connectivity index (χ1v) is 6.87. The number of fused-ring (bicyclic) bond motifs is 3. The molecule has 0 aliphatic carbocycles. The average molecular weight is 321 g/mol. The molecular formula is C14H10ClFN4O2. The third kappa shape index (κ3) is 2.06. The quantitative estimate of drug-likeness (QED) is 0.755. The summed E-state index contributed by atoms with van der Waals surface area (Å²) >= 11 is 5.98. The van der Waals surface area contributed by atoms with Gasteiger partial charge in [0, 0.05) is 6.07 Å². The van der Waals surface area contributed by atoms with Gasteiger partial charge in [-0.1, -0.05) is 11.6 Å². The number of hydrogen-bond acceptors (Lipinski definition) is 4. The van der Waals surface area contributed by atoms with Crippen molar-refractivity contribution in [3.8, 4) is 5.75 Å². The van der Waals surface area contributed by atoms with Crippen LogP contribution in [0.2, 0.25) is 5.02 Å². The number of urea groups is 1. The minimum Gasteiger partial charge on any atom is -0.450 e. The van der Waals surface area contributed by atoms with Crippen LogP contribution in [0.4, 0.5) is 26.2 Å². The summed E-state index contributed by atoms with van der Waals surface area (Å²) in [7, 11) is 0. The second-order valence-electron chi connectivity index (χ2n) is 4.84. The number of anilines is 3. The van der Waals surface area contributed by atoms with E-state index >= 15 is 0 Å². The number of hydrazine groups is 1. The molecule has 2 aliphatic rings. The molecule has 22 heavy (non-hydrogen) atoms. The van der Waals surface area contributed by atoms with Crippen molar-refractivity contribution in [3.05, 3.63) is 47.2 Å². The van der Waals surface area contributed by atoms with E-state index < -0.39 is 12.4 Å². The third-order valence-corrected chi connectivity index (χ3v) is 3.70. The van der Waals surface area contributed by atoms with Crippen LogP contribution in [0, 0.1) is 5.82 Å². The number of carbonyl (C=O) groups is 1.